The average molecular weight is 289 g/mol. The van der Waals surface area contributed by atoms with Crippen molar-refractivity contribution < 1.29 is 4.74 Å². The first-order valence-electron chi connectivity index (χ1n) is 5.44. The van der Waals surface area contributed by atoms with Crippen LogP contribution in [0.4, 0.5) is 0 Å². The maximum Gasteiger partial charge on any atom is 0.0596 e. The van der Waals surface area contributed by atoms with E-state index in [9.17, 15) is 0 Å². The summed E-state index contributed by atoms with van der Waals surface area (Å²) in [7, 11) is 0. The SMILES string of the molecule is CC1OC(C)C(C(Br)c2cccs2)C1C. The Kier molecular flexibility index (Phi) is 3.53. The van der Waals surface area contributed by atoms with Crippen molar-refractivity contribution in [1.82, 2.24) is 0 Å². The summed E-state index contributed by atoms with van der Waals surface area (Å²) in [5.41, 5.74) is 0. The lowest BCUT2D eigenvalue weighted by Crippen LogP contribution is -2.21. The van der Waals surface area contributed by atoms with Crippen LogP contribution in [0, 0.1) is 11.8 Å². The monoisotopic (exact) mass is 288 g/mol. The first kappa shape index (κ1) is 11.6. The van der Waals surface area contributed by atoms with E-state index in [1.807, 2.05) is 11.3 Å². The van der Waals surface area contributed by atoms with E-state index in [2.05, 4.69) is 54.2 Å². The topological polar surface area (TPSA) is 9.23 Å². The maximum atomic E-state index is 5.88. The fraction of sp³-hybridized carbons (Fsp3) is 0.667. The van der Waals surface area contributed by atoms with Gasteiger partial charge in [0.2, 0.25) is 0 Å². The molecule has 5 atom stereocenters. The molecule has 2 rings (SSSR count). The molecule has 1 aliphatic heterocycles. The van der Waals surface area contributed by atoms with E-state index in [0.717, 1.165) is 0 Å². The van der Waals surface area contributed by atoms with Crippen LogP contribution >= 0.6 is 27.3 Å². The molecule has 84 valence electrons. The Morgan fingerprint density at radius 3 is 2.53 bits per heavy atom. The second-order valence-corrected chi connectivity index (χ2v) is 6.37. The van der Waals surface area contributed by atoms with E-state index in [-0.39, 0.29) is 0 Å². The van der Waals surface area contributed by atoms with Gasteiger partial charge in [-0.25, -0.2) is 0 Å². The van der Waals surface area contributed by atoms with Crippen LogP contribution in [0.1, 0.15) is 30.5 Å². The van der Waals surface area contributed by atoms with Crippen molar-refractivity contribution in [1.29, 1.82) is 0 Å². The summed E-state index contributed by atoms with van der Waals surface area (Å²) in [5.74, 6) is 1.20. The van der Waals surface area contributed by atoms with Crippen molar-refractivity contribution in [2.45, 2.75) is 37.8 Å². The normalized spacial score (nSPS) is 38.1. The standard InChI is InChI=1S/C12H17BrOS/c1-7-8(2)14-9(3)11(7)12(13)10-5-4-6-15-10/h4-9,11-12H,1-3H3. The number of thiophene rings is 1. The van der Waals surface area contributed by atoms with Gasteiger partial charge in [0.25, 0.3) is 0 Å². The number of halogens is 1. The summed E-state index contributed by atoms with van der Waals surface area (Å²) >= 11 is 5.65. The van der Waals surface area contributed by atoms with Crippen LogP contribution in [-0.4, -0.2) is 12.2 Å². The number of rotatable bonds is 2. The third-order valence-corrected chi connectivity index (χ3v) is 5.83. The highest BCUT2D eigenvalue weighted by atomic mass is 79.9. The van der Waals surface area contributed by atoms with Gasteiger partial charge in [0, 0.05) is 10.8 Å². The molecule has 0 N–H and O–H groups in total. The van der Waals surface area contributed by atoms with Crippen LogP contribution < -0.4 is 0 Å². The molecule has 0 aliphatic carbocycles. The lowest BCUT2D eigenvalue weighted by Gasteiger charge is -2.23. The van der Waals surface area contributed by atoms with Gasteiger partial charge in [-0.2, -0.15) is 0 Å². The first-order valence-corrected chi connectivity index (χ1v) is 7.23. The molecule has 1 aromatic rings. The van der Waals surface area contributed by atoms with Crippen molar-refractivity contribution in [3.8, 4) is 0 Å². The third-order valence-electron chi connectivity index (χ3n) is 3.47. The molecule has 0 bridgehead atoms. The third kappa shape index (κ3) is 2.15. The van der Waals surface area contributed by atoms with Crippen LogP contribution in [0.15, 0.2) is 17.5 Å². The molecule has 1 aromatic heterocycles. The Morgan fingerprint density at radius 2 is 2.07 bits per heavy atom. The maximum absolute atomic E-state index is 5.88. The molecule has 0 spiro atoms. The van der Waals surface area contributed by atoms with E-state index < -0.39 is 0 Å². The minimum Gasteiger partial charge on any atom is -0.375 e. The fourth-order valence-corrected chi connectivity index (χ4v) is 4.58. The molecule has 5 unspecified atom stereocenters. The molecule has 15 heavy (non-hydrogen) atoms. The van der Waals surface area contributed by atoms with E-state index in [1.54, 1.807) is 0 Å². The van der Waals surface area contributed by atoms with Gasteiger partial charge in [-0.15, -0.1) is 11.3 Å². The predicted octanol–water partition coefficient (Wildman–Crippen LogP) is 4.24. The second-order valence-electron chi connectivity index (χ2n) is 4.40. The van der Waals surface area contributed by atoms with Crippen LogP contribution in [0.25, 0.3) is 0 Å². The number of hydrogen-bond donors (Lipinski definition) is 0. The number of ether oxygens (including phenoxy) is 1. The molecule has 3 heteroatoms. The summed E-state index contributed by atoms with van der Waals surface area (Å²) in [6.45, 7) is 6.66. The van der Waals surface area contributed by atoms with Crippen LogP contribution in [0.5, 0.6) is 0 Å². The van der Waals surface area contributed by atoms with Crippen molar-refractivity contribution in [2.24, 2.45) is 11.8 Å². The Labute approximate surface area is 104 Å². The van der Waals surface area contributed by atoms with Crippen LogP contribution in [0.3, 0.4) is 0 Å². The highest BCUT2D eigenvalue weighted by molar-refractivity contribution is 9.09. The minimum atomic E-state index is 0.349. The molecule has 0 saturated carbocycles. The molecular formula is C12H17BrOS. The van der Waals surface area contributed by atoms with Gasteiger partial charge in [0.15, 0.2) is 0 Å². The Bertz CT molecular complexity index is 311. The van der Waals surface area contributed by atoms with Crippen molar-refractivity contribution >= 4 is 27.3 Å². The zero-order chi connectivity index (χ0) is 11.0. The Hall–Kier alpha value is 0.140. The number of hydrogen-bond acceptors (Lipinski definition) is 2. The van der Waals surface area contributed by atoms with Gasteiger partial charge in [-0.3, -0.25) is 0 Å². The minimum absolute atomic E-state index is 0.349. The quantitative estimate of drug-likeness (QED) is 0.740. The average Bonchev–Trinajstić information content (AvgIpc) is 2.76. The van der Waals surface area contributed by atoms with Crippen LogP contribution in [0.2, 0.25) is 0 Å². The van der Waals surface area contributed by atoms with Crippen LogP contribution in [-0.2, 0) is 4.74 Å². The smallest absolute Gasteiger partial charge is 0.0596 e. The number of alkyl halides is 1. The summed E-state index contributed by atoms with van der Waals surface area (Å²) in [4.78, 5) is 1.85. The summed E-state index contributed by atoms with van der Waals surface area (Å²) in [6, 6.07) is 4.31. The highest BCUT2D eigenvalue weighted by Crippen LogP contribution is 2.45. The highest BCUT2D eigenvalue weighted by Gasteiger charge is 2.41. The summed E-state index contributed by atoms with van der Waals surface area (Å²) in [6.07, 6.45) is 0.728. The predicted molar refractivity (Wildman–Crippen MR) is 68.7 cm³/mol. The molecular weight excluding hydrogens is 272 g/mol. The van der Waals surface area contributed by atoms with Crippen molar-refractivity contribution in [2.75, 3.05) is 0 Å². The molecule has 1 saturated heterocycles. The molecule has 1 fully saturated rings. The molecule has 0 radical (unpaired) electrons. The van der Waals surface area contributed by atoms with Gasteiger partial charge in [0.05, 0.1) is 17.0 Å². The molecule has 1 nitrogen and oxygen atoms in total. The molecule has 0 aromatic carbocycles. The molecule has 2 heterocycles. The van der Waals surface area contributed by atoms with E-state index >= 15 is 0 Å². The van der Waals surface area contributed by atoms with Gasteiger partial charge in [-0.05, 0) is 31.2 Å². The fourth-order valence-electron chi connectivity index (χ4n) is 2.44. The molecule has 0 amide bonds. The summed E-state index contributed by atoms with van der Waals surface area (Å²) < 4.78 is 5.88. The Balaban J connectivity index is 2.16. The zero-order valence-electron chi connectivity index (χ0n) is 9.31. The van der Waals surface area contributed by atoms with Gasteiger partial charge in [-0.1, -0.05) is 28.9 Å². The van der Waals surface area contributed by atoms with Crippen molar-refractivity contribution in [3.05, 3.63) is 22.4 Å². The first-order chi connectivity index (χ1) is 7.11. The van der Waals surface area contributed by atoms with Gasteiger partial charge >= 0.3 is 0 Å². The molecule has 1 aliphatic rings. The lowest BCUT2D eigenvalue weighted by molar-refractivity contribution is 0.0511. The summed E-state index contributed by atoms with van der Waals surface area (Å²) in [5, 5.41) is 2.14. The Morgan fingerprint density at radius 1 is 1.33 bits per heavy atom. The van der Waals surface area contributed by atoms with E-state index in [0.29, 0.717) is 28.9 Å². The van der Waals surface area contributed by atoms with Crippen molar-refractivity contribution in [3.63, 3.8) is 0 Å². The zero-order valence-corrected chi connectivity index (χ0v) is 11.7. The van der Waals surface area contributed by atoms with Gasteiger partial charge in [0.1, 0.15) is 0 Å². The van der Waals surface area contributed by atoms with Gasteiger partial charge < -0.3 is 4.74 Å². The largest absolute Gasteiger partial charge is 0.375 e. The lowest BCUT2D eigenvalue weighted by atomic mass is 9.86. The van der Waals surface area contributed by atoms with E-state index in [1.165, 1.54) is 4.88 Å². The van der Waals surface area contributed by atoms with E-state index in [4.69, 9.17) is 4.74 Å². The second kappa shape index (κ2) is 4.56.